The molecule has 0 aliphatic carbocycles. The van der Waals surface area contributed by atoms with Gasteiger partial charge in [-0.15, -0.1) is 0 Å². The molecule has 2 aromatic rings. The summed E-state index contributed by atoms with van der Waals surface area (Å²) in [5.74, 6) is 1.18. The molecule has 6 nitrogen and oxygen atoms in total. The summed E-state index contributed by atoms with van der Waals surface area (Å²) in [6.07, 6.45) is 2.21. The molecule has 1 fully saturated rings. The summed E-state index contributed by atoms with van der Waals surface area (Å²) in [5, 5.41) is 0. The van der Waals surface area contributed by atoms with E-state index in [1.165, 1.54) is 23.5 Å². The number of sulfonamides is 1. The van der Waals surface area contributed by atoms with Gasteiger partial charge >= 0.3 is 0 Å². The second-order valence-corrected chi connectivity index (χ2v) is 9.68. The largest absolute Gasteiger partial charge is 0.497 e. The van der Waals surface area contributed by atoms with Gasteiger partial charge in [-0.25, -0.2) is 8.42 Å². The topological polar surface area (TPSA) is 66.9 Å². The first-order valence-electron chi connectivity index (χ1n) is 9.80. The van der Waals surface area contributed by atoms with E-state index in [2.05, 4.69) is 6.92 Å². The highest BCUT2D eigenvalue weighted by Crippen LogP contribution is 2.21. The van der Waals surface area contributed by atoms with Crippen LogP contribution in [0.5, 0.6) is 5.75 Å². The van der Waals surface area contributed by atoms with Gasteiger partial charge in [-0.2, -0.15) is 4.31 Å². The highest BCUT2D eigenvalue weighted by molar-refractivity contribution is 7.89. The number of amides is 1. The van der Waals surface area contributed by atoms with Gasteiger partial charge in [0.25, 0.3) is 5.91 Å². The quantitative estimate of drug-likeness (QED) is 0.724. The van der Waals surface area contributed by atoms with E-state index in [0.29, 0.717) is 17.2 Å². The molecular weight excluding hydrogens is 388 g/mol. The Hall–Kier alpha value is -2.38. The van der Waals surface area contributed by atoms with Gasteiger partial charge in [-0.1, -0.05) is 19.1 Å². The van der Waals surface area contributed by atoms with Gasteiger partial charge in [0.15, 0.2) is 0 Å². The zero-order chi connectivity index (χ0) is 21.0. The van der Waals surface area contributed by atoms with Gasteiger partial charge in [-0.05, 0) is 60.7 Å². The third kappa shape index (κ3) is 4.97. The van der Waals surface area contributed by atoms with Gasteiger partial charge in [0.05, 0.1) is 12.0 Å². The molecule has 1 aliphatic heterocycles. The van der Waals surface area contributed by atoms with Crippen LogP contribution in [-0.4, -0.2) is 50.8 Å². The normalized spacial score (nSPS) is 17.4. The smallest absolute Gasteiger partial charge is 0.253 e. The van der Waals surface area contributed by atoms with Crippen LogP contribution in [0.25, 0.3) is 0 Å². The van der Waals surface area contributed by atoms with Gasteiger partial charge in [0.1, 0.15) is 5.75 Å². The Labute approximate surface area is 173 Å². The average Bonchev–Trinajstić information content (AvgIpc) is 2.73. The molecule has 2 aromatic carbocycles. The Kier molecular flexibility index (Phi) is 6.59. The van der Waals surface area contributed by atoms with E-state index in [1.807, 2.05) is 17.0 Å². The molecule has 1 heterocycles. The van der Waals surface area contributed by atoms with Crippen molar-refractivity contribution in [3.63, 3.8) is 0 Å². The van der Waals surface area contributed by atoms with E-state index in [4.69, 9.17) is 4.74 Å². The van der Waals surface area contributed by atoms with Crippen molar-refractivity contribution in [2.45, 2.75) is 31.2 Å². The minimum absolute atomic E-state index is 0.0438. The molecule has 0 spiro atoms. The fraction of sp³-hybridized carbons (Fsp3) is 0.409. The van der Waals surface area contributed by atoms with E-state index < -0.39 is 10.0 Å². The highest BCUT2D eigenvalue weighted by Gasteiger charge is 2.23. The van der Waals surface area contributed by atoms with Crippen LogP contribution >= 0.6 is 0 Å². The predicted molar refractivity (Wildman–Crippen MR) is 112 cm³/mol. The molecule has 7 heteroatoms. The van der Waals surface area contributed by atoms with Crippen LogP contribution in [0.4, 0.5) is 0 Å². The number of benzene rings is 2. The number of hydrogen-bond acceptors (Lipinski definition) is 4. The molecule has 29 heavy (non-hydrogen) atoms. The zero-order valence-electron chi connectivity index (χ0n) is 17.2. The Morgan fingerprint density at radius 3 is 2.38 bits per heavy atom. The Morgan fingerprint density at radius 2 is 1.79 bits per heavy atom. The molecule has 1 aliphatic rings. The maximum Gasteiger partial charge on any atom is 0.253 e. The summed E-state index contributed by atoms with van der Waals surface area (Å²) in [7, 11) is -0.522. The molecule has 0 aromatic heterocycles. The predicted octanol–water partition coefficient (Wildman–Crippen LogP) is 3.39. The van der Waals surface area contributed by atoms with Gasteiger partial charge in [0, 0.05) is 32.2 Å². The maximum atomic E-state index is 12.8. The number of likely N-dealkylation sites (tertiary alicyclic amines) is 1. The van der Waals surface area contributed by atoms with Crippen molar-refractivity contribution in [1.82, 2.24) is 9.21 Å². The van der Waals surface area contributed by atoms with E-state index >= 15 is 0 Å². The first kappa shape index (κ1) is 21.3. The average molecular weight is 417 g/mol. The molecule has 1 saturated heterocycles. The van der Waals surface area contributed by atoms with Crippen LogP contribution < -0.4 is 4.74 Å². The lowest BCUT2D eigenvalue weighted by molar-refractivity contribution is 0.0683. The van der Waals surface area contributed by atoms with Crippen LogP contribution in [0.3, 0.4) is 0 Å². The monoisotopic (exact) mass is 416 g/mol. The van der Waals surface area contributed by atoms with Crippen molar-refractivity contribution in [2.75, 3.05) is 27.2 Å². The lowest BCUT2D eigenvalue weighted by Gasteiger charge is -2.31. The molecule has 0 radical (unpaired) electrons. The fourth-order valence-corrected chi connectivity index (χ4v) is 4.74. The zero-order valence-corrected chi connectivity index (χ0v) is 18.0. The summed E-state index contributed by atoms with van der Waals surface area (Å²) in [6, 6.07) is 13.5. The van der Waals surface area contributed by atoms with Crippen molar-refractivity contribution >= 4 is 15.9 Å². The van der Waals surface area contributed by atoms with Crippen molar-refractivity contribution in [3.8, 4) is 5.75 Å². The number of nitrogens with zero attached hydrogens (tertiary/aromatic N) is 2. The minimum atomic E-state index is -3.61. The highest BCUT2D eigenvalue weighted by atomic mass is 32.2. The molecule has 3 rings (SSSR count). The van der Waals surface area contributed by atoms with Gasteiger partial charge in [-0.3, -0.25) is 4.79 Å². The number of hydrogen-bond donors (Lipinski definition) is 0. The van der Waals surface area contributed by atoms with E-state index in [9.17, 15) is 13.2 Å². The summed E-state index contributed by atoms with van der Waals surface area (Å²) in [6.45, 7) is 3.99. The minimum Gasteiger partial charge on any atom is -0.497 e. The summed E-state index contributed by atoms with van der Waals surface area (Å²) in [5.41, 5.74) is 1.47. The molecule has 1 atom stereocenters. The summed E-state index contributed by atoms with van der Waals surface area (Å²) in [4.78, 5) is 14.8. The van der Waals surface area contributed by atoms with Crippen molar-refractivity contribution in [1.29, 1.82) is 0 Å². The molecule has 0 N–H and O–H groups in total. The molecule has 0 bridgehead atoms. The molecular formula is C22H28N2O4S. The van der Waals surface area contributed by atoms with E-state index in [0.717, 1.165) is 31.5 Å². The lowest BCUT2D eigenvalue weighted by Crippen LogP contribution is -2.39. The van der Waals surface area contributed by atoms with Crippen LogP contribution in [0.15, 0.2) is 53.4 Å². The standard InChI is InChI=1S/C22H28N2O4S/c1-17-5-4-14-24(15-17)22(25)19-8-6-18(7-9-19)16-23(2)29(26,27)21-12-10-20(28-3)11-13-21/h6-13,17H,4-5,14-16H2,1-3H3/t17-/m1/s1. The SMILES string of the molecule is COc1ccc(S(=O)(=O)N(C)Cc2ccc(C(=O)N3CCC[C@@H](C)C3)cc2)cc1. The summed E-state index contributed by atoms with van der Waals surface area (Å²) >= 11 is 0. The van der Waals surface area contributed by atoms with Crippen LogP contribution in [0, 0.1) is 5.92 Å². The van der Waals surface area contributed by atoms with Crippen LogP contribution in [0.1, 0.15) is 35.7 Å². The number of methoxy groups -OCH3 is 1. The number of carbonyl (C=O) groups excluding carboxylic acids is 1. The lowest BCUT2D eigenvalue weighted by atomic mass is 9.99. The van der Waals surface area contributed by atoms with Gasteiger partial charge < -0.3 is 9.64 Å². The van der Waals surface area contributed by atoms with Crippen molar-refractivity contribution < 1.29 is 17.9 Å². The van der Waals surface area contributed by atoms with Gasteiger partial charge in [0.2, 0.25) is 10.0 Å². The van der Waals surface area contributed by atoms with E-state index in [1.54, 1.807) is 31.3 Å². The fourth-order valence-electron chi connectivity index (χ4n) is 3.58. The third-order valence-electron chi connectivity index (χ3n) is 5.32. The summed E-state index contributed by atoms with van der Waals surface area (Å²) < 4.78 is 31.9. The maximum absolute atomic E-state index is 12.8. The second-order valence-electron chi connectivity index (χ2n) is 7.63. The molecule has 0 saturated carbocycles. The molecule has 0 unspecified atom stereocenters. The van der Waals surface area contributed by atoms with Crippen molar-refractivity contribution in [2.24, 2.45) is 5.92 Å². The Balaban J connectivity index is 1.67. The Bertz CT molecular complexity index is 940. The number of carbonyl (C=O) groups is 1. The van der Waals surface area contributed by atoms with Crippen LogP contribution in [-0.2, 0) is 16.6 Å². The molecule has 156 valence electrons. The second kappa shape index (κ2) is 8.97. The number of ether oxygens (including phenoxy) is 1. The van der Waals surface area contributed by atoms with Crippen LogP contribution in [0.2, 0.25) is 0 Å². The first-order chi connectivity index (χ1) is 13.8. The third-order valence-corrected chi connectivity index (χ3v) is 7.14. The van der Waals surface area contributed by atoms with Crippen molar-refractivity contribution in [3.05, 3.63) is 59.7 Å². The molecule has 1 amide bonds. The Morgan fingerprint density at radius 1 is 1.14 bits per heavy atom. The number of piperidine rings is 1. The van der Waals surface area contributed by atoms with E-state index in [-0.39, 0.29) is 17.3 Å². The number of rotatable bonds is 6. The first-order valence-corrected chi connectivity index (χ1v) is 11.2.